The number of aromatic nitrogens is 1. The normalized spacial score (nSPS) is 10.3. The molecular weight excluding hydrogens is 340 g/mol. The summed E-state index contributed by atoms with van der Waals surface area (Å²) >= 11 is 0. The van der Waals surface area contributed by atoms with Crippen LogP contribution in [0.1, 0.15) is 29.3 Å². The first-order valence-electron chi connectivity index (χ1n) is 8.93. The number of ether oxygens (including phenoxy) is 2. The molecule has 0 aliphatic rings. The molecule has 1 aromatic heterocycles. The second-order valence-corrected chi connectivity index (χ2v) is 5.97. The van der Waals surface area contributed by atoms with Gasteiger partial charge in [-0.05, 0) is 48.4 Å². The van der Waals surface area contributed by atoms with Gasteiger partial charge in [0.15, 0.2) is 11.5 Å². The van der Waals surface area contributed by atoms with Crippen molar-refractivity contribution < 1.29 is 14.3 Å². The van der Waals surface area contributed by atoms with Crippen molar-refractivity contribution in [3.63, 3.8) is 0 Å². The van der Waals surface area contributed by atoms with Crippen LogP contribution in [0.15, 0.2) is 73.1 Å². The van der Waals surface area contributed by atoms with Crippen molar-refractivity contribution in [2.24, 2.45) is 0 Å². The Kier molecular flexibility index (Phi) is 6.41. The number of benzene rings is 2. The lowest BCUT2D eigenvalue weighted by atomic mass is 10.2. The number of pyridine rings is 1. The zero-order valence-corrected chi connectivity index (χ0v) is 15.2. The molecule has 2 aromatic carbocycles. The lowest BCUT2D eigenvalue weighted by Crippen LogP contribution is -2.22. The fourth-order valence-electron chi connectivity index (χ4n) is 2.45. The van der Waals surface area contributed by atoms with Crippen LogP contribution in [0.4, 0.5) is 0 Å². The molecule has 27 heavy (non-hydrogen) atoms. The molecule has 3 aromatic rings. The van der Waals surface area contributed by atoms with Crippen molar-refractivity contribution in [2.75, 3.05) is 6.61 Å². The van der Waals surface area contributed by atoms with Crippen molar-refractivity contribution in [1.82, 2.24) is 10.3 Å². The molecule has 0 saturated heterocycles. The zero-order valence-electron chi connectivity index (χ0n) is 15.2. The van der Waals surface area contributed by atoms with Crippen molar-refractivity contribution in [1.29, 1.82) is 0 Å². The number of hydrogen-bond donors (Lipinski definition) is 1. The number of para-hydroxylation sites is 2. The number of hydrogen-bond acceptors (Lipinski definition) is 4. The average molecular weight is 362 g/mol. The van der Waals surface area contributed by atoms with E-state index in [9.17, 15) is 4.79 Å². The summed E-state index contributed by atoms with van der Waals surface area (Å²) in [6.45, 7) is 3.15. The van der Waals surface area contributed by atoms with E-state index in [0.717, 1.165) is 17.7 Å². The zero-order chi connectivity index (χ0) is 18.9. The van der Waals surface area contributed by atoms with Crippen LogP contribution in [0.3, 0.4) is 0 Å². The number of nitrogens with zero attached hydrogens (tertiary/aromatic N) is 1. The fourth-order valence-corrected chi connectivity index (χ4v) is 2.45. The van der Waals surface area contributed by atoms with Gasteiger partial charge in [0.25, 0.3) is 5.91 Å². The Morgan fingerprint density at radius 1 is 1.00 bits per heavy atom. The van der Waals surface area contributed by atoms with Crippen molar-refractivity contribution >= 4 is 5.91 Å². The van der Waals surface area contributed by atoms with E-state index in [1.165, 1.54) is 0 Å². The Morgan fingerprint density at radius 3 is 2.48 bits per heavy atom. The first-order valence-corrected chi connectivity index (χ1v) is 8.93. The van der Waals surface area contributed by atoms with Gasteiger partial charge < -0.3 is 14.8 Å². The summed E-state index contributed by atoms with van der Waals surface area (Å²) < 4.78 is 11.6. The van der Waals surface area contributed by atoms with Gasteiger partial charge >= 0.3 is 0 Å². The Balaban J connectivity index is 1.58. The Bertz CT molecular complexity index is 864. The molecule has 5 nitrogen and oxygen atoms in total. The van der Waals surface area contributed by atoms with Crippen LogP contribution in [0.2, 0.25) is 0 Å². The van der Waals surface area contributed by atoms with E-state index in [-0.39, 0.29) is 5.91 Å². The van der Waals surface area contributed by atoms with Crippen LogP contribution in [0, 0.1) is 0 Å². The van der Waals surface area contributed by atoms with Crippen LogP contribution in [0.25, 0.3) is 0 Å². The number of carbonyl (C=O) groups excluding carboxylic acids is 1. The summed E-state index contributed by atoms with van der Waals surface area (Å²) in [6, 6.07) is 18.7. The highest BCUT2D eigenvalue weighted by Crippen LogP contribution is 2.31. The van der Waals surface area contributed by atoms with Gasteiger partial charge in [-0.1, -0.05) is 31.2 Å². The SMILES string of the molecule is CCCOc1ccccc1Oc1ccc(CNC(=O)c2cccnc2)cc1. The summed E-state index contributed by atoms with van der Waals surface area (Å²) in [5.74, 6) is 1.98. The highest BCUT2D eigenvalue weighted by molar-refractivity contribution is 5.93. The molecule has 1 amide bonds. The lowest BCUT2D eigenvalue weighted by Gasteiger charge is -2.12. The lowest BCUT2D eigenvalue weighted by molar-refractivity contribution is 0.0950. The maximum absolute atomic E-state index is 12.1. The molecule has 0 bridgehead atoms. The second kappa shape index (κ2) is 9.38. The predicted octanol–water partition coefficient (Wildman–Crippen LogP) is 4.59. The Labute approximate surface area is 159 Å². The Morgan fingerprint density at radius 2 is 1.78 bits per heavy atom. The highest BCUT2D eigenvalue weighted by Gasteiger charge is 2.07. The van der Waals surface area contributed by atoms with Crippen LogP contribution in [0.5, 0.6) is 17.2 Å². The average Bonchev–Trinajstić information content (AvgIpc) is 2.73. The minimum Gasteiger partial charge on any atom is -0.490 e. The summed E-state index contributed by atoms with van der Waals surface area (Å²) in [5, 5.41) is 2.88. The van der Waals surface area contributed by atoms with Gasteiger partial charge in [-0.25, -0.2) is 0 Å². The number of rotatable bonds is 8. The van der Waals surface area contributed by atoms with Gasteiger partial charge in [0.1, 0.15) is 5.75 Å². The third-order valence-corrected chi connectivity index (χ3v) is 3.84. The molecule has 0 radical (unpaired) electrons. The largest absolute Gasteiger partial charge is 0.490 e. The maximum Gasteiger partial charge on any atom is 0.253 e. The van der Waals surface area contributed by atoms with Crippen LogP contribution >= 0.6 is 0 Å². The minimum atomic E-state index is -0.148. The standard InChI is InChI=1S/C22H22N2O3/c1-2-14-26-20-7-3-4-8-21(20)27-19-11-9-17(10-12-19)15-24-22(25)18-6-5-13-23-16-18/h3-13,16H,2,14-15H2,1H3,(H,24,25). The first kappa shape index (κ1) is 18.5. The van der Waals surface area contributed by atoms with Gasteiger partial charge in [0.2, 0.25) is 0 Å². The molecule has 1 N–H and O–H groups in total. The number of nitrogens with one attached hydrogen (secondary N) is 1. The molecule has 0 spiro atoms. The molecule has 1 heterocycles. The van der Waals surface area contributed by atoms with E-state index in [1.807, 2.05) is 48.5 Å². The molecule has 3 rings (SSSR count). The summed E-state index contributed by atoms with van der Waals surface area (Å²) in [4.78, 5) is 16.0. The molecule has 138 valence electrons. The van der Waals surface area contributed by atoms with E-state index >= 15 is 0 Å². The maximum atomic E-state index is 12.1. The molecular formula is C22H22N2O3. The van der Waals surface area contributed by atoms with Crippen LogP contribution < -0.4 is 14.8 Å². The molecule has 0 aliphatic heterocycles. The first-order chi connectivity index (χ1) is 13.3. The van der Waals surface area contributed by atoms with E-state index < -0.39 is 0 Å². The van der Waals surface area contributed by atoms with Gasteiger partial charge in [-0.15, -0.1) is 0 Å². The Hall–Kier alpha value is -3.34. The summed E-state index contributed by atoms with van der Waals surface area (Å²) in [6.07, 6.45) is 4.12. The molecule has 5 heteroatoms. The van der Waals surface area contributed by atoms with E-state index in [2.05, 4.69) is 17.2 Å². The minimum absolute atomic E-state index is 0.148. The highest BCUT2D eigenvalue weighted by atomic mass is 16.5. The summed E-state index contributed by atoms with van der Waals surface area (Å²) in [5.41, 5.74) is 1.52. The molecule has 0 atom stereocenters. The van der Waals surface area contributed by atoms with Crippen LogP contribution in [-0.2, 0) is 6.54 Å². The fraction of sp³-hybridized carbons (Fsp3) is 0.182. The monoisotopic (exact) mass is 362 g/mol. The smallest absolute Gasteiger partial charge is 0.253 e. The van der Waals surface area contributed by atoms with Gasteiger partial charge in [0.05, 0.1) is 12.2 Å². The molecule has 0 saturated carbocycles. The van der Waals surface area contributed by atoms with E-state index in [0.29, 0.717) is 30.2 Å². The number of carbonyl (C=O) groups is 1. The third-order valence-electron chi connectivity index (χ3n) is 3.84. The predicted molar refractivity (Wildman–Crippen MR) is 104 cm³/mol. The summed E-state index contributed by atoms with van der Waals surface area (Å²) in [7, 11) is 0. The third kappa shape index (κ3) is 5.31. The quantitative estimate of drug-likeness (QED) is 0.636. The topological polar surface area (TPSA) is 60.5 Å². The van der Waals surface area contributed by atoms with Gasteiger partial charge in [0, 0.05) is 18.9 Å². The van der Waals surface area contributed by atoms with E-state index in [4.69, 9.17) is 9.47 Å². The van der Waals surface area contributed by atoms with Crippen molar-refractivity contribution in [3.8, 4) is 17.2 Å². The molecule has 0 fully saturated rings. The number of amides is 1. The van der Waals surface area contributed by atoms with Crippen molar-refractivity contribution in [2.45, 2.75) is 19.9 Å². The van der Waals surface area contributed by atoms with E-state index in [1.54, 1.807) is 24.5 Å². The van der Waals surface area contributed by atoms with Gasteiger partial charge in [-0.3, -0.25) is 9.78 Å². The van der Waals surface area contributed by atoms with Crippen LogP contribution in [-0.4, -0.2) is 17.5 Å². The second-order valence-electron chi connectivity index (χ2n) is 5.97. The van der Waals surface area contributed by atoms with Crippen molar-refractivity contribution in [3.05, 3.63) is 84.2 Å². The van der Waals surface area contributed by atoms with Gasteiger partial charge in [-0.2, -0.15) is 0 Å². The molecule has 0 unspecified atom stereocenters. The molecule has 0 aliphatic carbocycles.